The van der Waals surface area contributed by atoms with Gasteiger partial charge in [-0.2, -0.15) is 0 Å². The van der Waals surface area contributed by atoms with Gasteiger partial charge in [0, 0.05) is 17.6 Å². The molecule has 0 aliphatic rings. The van der Waals surface area contributed by atoms with Crippen LogP contribution >= 0.6 is 0 Å². The molecule has 0 saturated heterocycles. The van der Waals surface area contributed by atoms with Crippen LogP contribution in [0.5, 0.6) is 0 Å². The Kier molecular flexibility index (Phi) is 7.25. The Morgan fingerprint density at radius 2 is 1.73 bits per heavy atom. The van der Waals surface area contributed by atoms with Crippen LogP contribution in [0.4, 0.5) is 4.79 Å². The lowest BCUT2D eigenvalue weighted by atomic mass is 10.2. The van der Waals surface area contributed by atoms with Crippen LogP contribution in [0.3, 0.4) is 0 Å². The second-order valence-electron chi connectivity index (χ2n) is 5.56. The molecule has 0 saturated carbocycles. The number of rotatable bonds is 4. The maximum atomic E-state index is 12.3. The zero-order valence-corrected chi connectivity index (χ0v) is 14.0. The van der Waals surface area contributed by atoms with Crippen LogP contribution in [0.1, 0.15) is 40.2 Å². The largest absolute Gasteiger partial charge is 0.428 e. The number of carbonyl (C=O) groups is 1. The zero-order valence-electron chi connectivity index (χ0n) is 14.0. The molecule has 1 atom stereocenters. The van der Waals surface area contributed by atoms with E-state index in [0.29, 0.717) is 0 Å². The monoisotopic (exact) mass is 299 g/mol. The maximum Gasteiger partial charge on any atom is 0.411 e. The van der Waals surface area contributed by atoms with E-state index in [1.165, 1.54) is 0 Å². The number of benzene rings is 1. The minimum Gasteiger partial charge on any atom is -0.428 e. The number of allylic oxidation sites excluding steroid dienone is 1. The molecule has 1 rings (SSSR count). The minimum absolute atomic E-state index is 0.0841. The van der Waals surface area contributed by atoms with Gasteiger partial charge in [-0.3, -0.25) is 0 Å². The lowest BCUT2D eigenvalue weighted by Gasteiger charge is -2.30. The number of carbonyl (C=O) groups excluding carboxylic acids is 1. The van der Waals surface area contributed by atoms with Crippen molar-refractivity contribution in [3.63, 3.8) is 0 Å². The van der Waals surface area contributed by atoms with E-state index >= 15 is 0 Å². The Balaban J connectivity index is 2.85. The third-order valence-electron chi connectivity index (χ3n) is 3.05. The zero-order chi connectivity index (χ0) is 16.5. The Morgan fingerprint density at radius 3 is 2.23 bits per heavy atom. The predicted molar refractivity (Wildman–Crippen MR) is 90.5 cm³/mol. The van der Waals surface area contributed by atoms with Crippen molar-refractivity contribution in [3.05, 3.63) is 48.0 Å². The van der Waals surface area contributed by atoms with Gasteiger partial charge in [0.05, 0.1) is 0 Å². The van der Waals surface area contributed by atoms with Crippen LogP contribution in [0.25, 0.3) is 0 Å². The van der Waals surface area contributed by atoms with Gasteiger partial charge in [0.2, 0.25) is 0 Å². The molecule has 118 valence electrons. The highest BCUT2D eigenvalue weighted by atomic mass is 16.6. The van der Waals surface area contributed by atoms with Crippen molar-refractivity contribution in [2.45, 2.75) is 52.8 Å². The summed E-state index contributed by atoms with van der Waals surface area (Å²) in [4.78, 5) is 14.0. The lowest BCUT2D eigenvalue weighted by Crippen LogP contribution is -2.43. The van der Waals surface area contributed by atoms with E-state index in [-0.39, 0.29) is 18.2 Å². The first-order valence-electron chi connectivity index (χ1n) is 7.64. The Labute approximate surface area is 134 Å². The standard InChI is InChI=1S/C19H25NO2/c1-6-10-18(14-13-17-11-8-7-9-12-17)22-19(21)20(15(2)3)16(4)5/h6-12,15-16,18H,1-5H3/b10-6+. The van der Waals surface area contributed by atoms with Crippen molar-refractivity contribution >= 4 is 6.09 Å². The highest BCUT2D eigenvalue weighted by Crippen LogP contribution is 2.09. The van der Waals surface area contributed by atoms with Crippen LogP contribution in [0, 0.1) is 11.8 Å². The van der Waals surface area contributed by atoms with Crippen molar-refractivity contribution in [1.29, 1.82) is 0 Å². The minimum atomic E-state index is -0.544. The fraction of sp³-hybridized carbons (Fsp3) is 0.421. The Hall–Kier alpha value is -2.21. The van der Waals surface area contributed by atoms with Gasteiger partial charge in [-0.1, -0.05) is 30.2 Å². The van der Waals surface area contributed by atoms with Gasteiger partial charge < -0.3 is 9.64 Å². The summed E-state index contributed by atoms with van der Waals surface area (Å²) in [5.41, 5.74) is 0.901. The van der Waals surface area contributed by atoms with Gasteiger partial charge >= 0.3 is 6.09 Å². The number of amides is 1. The van der Waals surface area contributed by atoms with Crippen LogP contribution in [-0.4, -0.2) is 29.2 Å². The summed E-state index contributed by atoms with van der Waals surface area (Å²) >= 11 is 0. The van der Waals surface area contributed by atoms with Crippen LogP contribution in [0.15, 0.2) is 42.5 Å². The molecule has 0 aliphatic carbocycles. The summed E-state index contributed by atoms with van der Waals surface area (Å²) in [6.07, 6.45) is 2.74. The van der Waals surface area contributed by atoms with Gasteiger partial charge in [0.15, 0.2) is 6.10 Å². The summed E-state index contributed by atoms with van der Waals surface area (Å²) in [7, 11) is 0. The second kappa shape index (κ2) is 8.94. The molecule has 0 fully saturated rings. The third kappa shape index (κ3) is 5.65. The Morgan fingerprint density at radius 1 is 1.14 bits per heavy atom. The van der Waals surface area contributed by atoms with E-state index in [2.05, 4.69) is 11.8 Å². The number of hydrogen-bond acceptors (Lipinski definition) is 2. The SMILES string of the molecule is C/C=C/C(C#Cc1ccccc1)OC(=O)N(C(C)C)C(C)C. The fourth-order valence-electron chi connectivity index (χ4n) is 2.15. The normalized spacial score (nSPS) is 12.1. The molecule has 0 radical (unpaired) electrons. The fourth-order valence-corrected chi connectivity index (χ4v) is 2.15. The van der Waals surface area contributed by atoms with Gasteiger partial charge in [-0.05, 0) is 58.7 Å². The highest BCUT2D eigenvalue weighted by molar-refractivity contribution is 5.69. The van der Waals surface area contributed by atoms with Crippen molar-refractivity contribution in [3.8, 4) is 11.8 Å². The molecule has 0 N–H and O–H groups in total. The molecule has 0 aliphatic heterocycles. The quantitative estimate of drug-likeness (QED) is 0.615. The molecule has 0 heterocycles. The van der Waals surface area contributed by atoms with E-state index in [1.54, 1.807) is 11.0 Å². The summed E-state index contributed by atoms with van der Waals surface area (Å²) in [5, 5.41) is 0. The maximum absolute atomic E-state index is 12.3. The summed E-state index contributed by atoms with van der Waals surface area (Å²) in [6, 6.07) is 9.82. The second-order valence-corrected chi connectivity index (χ2v) is 5.56. The summed E-state index contributed by atoms with van der Waals surface area (Å²) in [6.45, 7) is 9.78. The summed E-state index contributed by atoms with van der Waals surface area (Å²) < 4.78 is 5.52. The number of hydrogen-bond donors (Lipinski definition) is 0. The van der Waals surface area contributed by atoms with E-state index in [9.17, 15) is 4.79 Å². The molecule has 0 bridgehead atoms. The van der Waals surface area contributed by atoms with Gasteiger partial charge in [0.25, 0.3) is 0 Å². The van der Waals surface area contributed by atoms with Crippen molar-refractivity contribution in [2.24, 2.45) is 0 Å². The van der Waals surface area contributed by atoms with Gasteiger partial charge in [-0.25, -0.2) is 4.79 Å². The molecule has 1 unspecified atom stereocenters. The average Bonchev–Trinajstić information content (AvgIpc) is 2.45. The molecular weight excluding hydrogens is 274 g/mol. The smallest absolute Gasteiger partial charge is 0.411 e. The molecule has 1 aromatic carbocycles. The first kappa shape index (κ1) is 17.8. The van der Waals surface area contributed by atoms with E-state index in [0.717, 1.165) is 5.56 Å². The topological polar surface area (TPSA) is 29.5 Å². The molecular formula is C19H25NO2. The summed E-state index contributed by atoms with van der Waals surface area (Å²) in [5.74, 6) is 6.03. The van der Waals surface area contributed by atoms with Crippen molar-refractivity contribution in [2.75, 3.05) is 0 Å². The molecule has 1 aromatic rings. The molecule has 0 aromatic heterocycles. The Bertz CT molecular complexity index is 542. The first-order chi connectivity index (χ1) is 10.5. The molecule has 3 nitrogen and oxygen atoms in total. The molecule has 3 heteroatoms. The highest BCUT2D eigenvalue weighted by Gasteiger charge is 2.23. The van der Waals surface area contributed by atoms with E-state index in [4.69, 9.17) is 4.74 Å². The number of nitrogens with zero attached hydrogens (tertiary/aromatic N) is 1. The third-order valence-corrected chi connectivity index (χ3v) is 3.05. The van der Waals surface area contributed by atoms with E-state index < -0.39 is 6.10 Å². The van der Waals surface area contributed by atoms with Crippen molar-refractivity contribution in [1.82, 2.24) is 4.90 Å². The van der Waals surface area contributed by atoms with Crippen molar-refractivity contribution < 1.29 is 9.53 Å². The average molecular weight is 299 g/mol. The predicted octanol–water partition coefficient (Wildman–Crippen LogP) is 4.24. The van der Waals surface area contributed by atoms with E-state index in [1.807, 2.05) is 71.0 Å². The van der Waals surface area contributed by atoms with Crippen LogP contribution in [0.2, 0.25) is 0 Å². The molecule has 0 spiro atoms. The van der Waals surface area contributed by atoms with Crippen LogP contribution < -0.4 is 0 Å². The van der Waals surface area contributed by atoms with Gasteiger partial charge in [0.1, 0.15) is 0 Å². The first-order valence-corrected chi connectivity index (χ1v) is 7.64. The lowest BCUT2D eigenvalue weighted by molar-refractivity contribution is 0.0741. The molecule has 1 amide bonds. The van der Waals surface area contributed by atoms with Crippen LogP contribution in [-0.2, 0) is 4.74 Å². The number of ether oxygens (including phenoxy) is 1. The van der Waals surface area contributed by atoms with Gasteiger partial charge in [-0.15, -0.1) is 0 Å². The molecule has 22 heavy (non-hydrogen) atoms.